The van der Waals surface area contributed by atoms with Gasteiger partial charge in [-0.15, -0.1) is 0 Å². The van der Waals surface area contributed by atoms with Crippen LogP contribution >= 0.6 is 11.6 Å². The van der Waals surface area contributed by atoms with Crippen molar-refractivity contribution in [3.8, 4) is 23.0 Å². The molecule has 0 radical (unpaired) electrons. The van der Waals surface area contributed by atoms with E-state index in [9.17, 15) is 9.90 Å². The van der Waals surface area contributed by atoms with Crippen LogP contribution in [-0.2, 0) is 11.2 Å². The predicted molar refractivity (Wildman–Crippen MR) is 129 cm³/mol. The van der Waals surface area contributed by atoms with Gasteiger partial charge in [0.15, 0.2) is 6.35 Å². The number of nitrogens with one attached hydrogen (secondary N) is 3. The van der Waals surface area contributed by atoms with Crippen molar-refractivity contribution in [2.75, 3.05) is 17.7 Å². The highest BCUT2D eigenvalue weighted by atomic mass is 35.5. The van der Waals surface area contributed by atoms with Crippen LogP contribution in [0.3, 0.4) is 0 Å². The Morgan fingerprint density at radius 3 is 2.89 bits per heavy atom. The van der Waals surface area contributed by atoms with Gasteiger partial charge in [0.2, 0.25) is 5.91 Å². The summed E-state index contributed by atoms with van der Waals surface area (Å²) in [5.74, 6) is 3.41. The lowest BCUT2D eigenvalue weighted by Gasteiger charge is -2.20. The summed E-state index contributed by atoms with van der Waals surface area (Å²) in [5.41, 5.74) is 2.50. The molecule has 4 N–H and O–H groups in total. The Morgan fingerprint density at radius 2 is 2.06 bits per heavy atom. The van der Waals surface area contributed by atoms with Gasteiger partial charge in [0.1, 0.15) is 34.9 Å². The largest absolute Gasteiger partial charge is 0.497 e. The van der Waals surface area contributed by atoms with Crippen LogP contribution in [-0.4, -0.2) is 41.6 Å². The number of methoxy groups -OCH3 is 1. The van der Waals surface area contributed by atoms with E-state index >= 15 is 0 Å². The fourth-order valence-electron chi connectivity index (χ4n) is 4.69. The van der Waals surface area contributed by atoms with Crippen LogP contribution < -0.4 is 30.2 Å². The molecule has 10 heteroatoms. The minimum Gasteiger partial charge on any atom is -0.497 e. The van der Waals surface area contributed by atoms with Gasteiger partial charge in [-0.25, -0.2) is 4.98 Å². The molecule has 1 fully saturated rings. The van der Waals surface area contributed by atoms with Crippen LogP contribution in [0.25, 0.3) is 0 Å². The summed E-state index contributed by atoms with van der Waals surface area (Å²) in [6.07, 6.45) is 1.53. The lowest BCUT2D eigenvalue weighted by molar-refractivity contribution is -0.116. The average molecular weight is 495 g/mol. The average Bonchev–Trinajstić information content (AvgIpc) is 3.36. The number of amides is 1. The number of fused-ring (bicyclic) bond motifs is 4. The van der Waals surface area contributed by atoms with Crippen molar-refractivity contribution in [1.82, 2.24) is 10.3 Å². The Labute approximate surface area is 206 Å². The molecule has 1 aliphatic carbocycles. The normalized spacial score (nSPS) is 22.1. The summed E-state index contributed by atoms with van der Waals surface area (Å²) >= 11 is 6.26. The lowest BCUT2D eigenvalue weighted by atomic mass is 10.1. The van der Waals surface area contributed by atoms with E-state index in [-0.39, 0.29) is 24.0 Å². The molecule has 0 saturated heterocycles. The molecule has 3 heterocycles. The third kappa shape index (κ3) is 4.12. The van der Waals surface area contributed by atoms with Gasteiger partial charge in [-0.2, -0.15) is 0 Å². The van der Waals surface area contributed by atoms with Gasteiger partial charge in [0.25, 0.3) is 0 Å². The van der Waals surface area contributed by atoms with E-state index in [2.05, 4.69) is 20.9 Å². The SMILES string of the molecule is COc1ccc(N[C@@H](O)N[C@@H]2[C@H]3Oc4ccc(Oc5ccnc6c5CCC(=O)N6)cc4[C@@H]23)c(Cl)c1. The first-order chi connectivity index (χ1) is 17.0. The number of pyridine rings is 1. The van der Waals surface area contributed by atoms with Crippen molar-refractivity contribution in [3.05, 3.63) is 64.8 Å². The molecule has 1 saturated carbocycles. The molecule has 0 spiro atoms. The first-order valence-corrected chi connectivity index (χ1v) is 11.7. The van der Waals surface area contributed by atoms with E-state index in [4.69, 9.17) is 25.8 Å². The van der Waals surface area contributed by atoms with Crippen molar-refractivity contribution < 1.29 is 24.1 Å². The predicted octanol–water partition coefficient (Wildman–Crippen LogP) is 3.63. The molecule has 4 atom stereocenters. The highest BCUT2D eigenvalue weighted by Crippen LogP contribution is 2.54. The lowest BCUT2D eigenvalue weighted by Crippen LogP contribution is -2.40. The van der Waals surface area contributed by atoms with Gasteiger partial charge in [0, 0.05) is 35.7 Å². The van der Waals surface area contributed by atoms with Crippen LogP contribution in [0, 0.1) is 0 Å². The quantitative estimate of drug-likeness (QED) is 0.368. The van der Waals surface area contributed by atoms with Crippen LogP contribution in [0.4, 0.5) is 11.5 Å². The molecular weight excluding hydrogens is 472 g/mol. The number of aliphatic hydroxyl groups excluding tert-OH is 1. The summed E-state index contributed by atoms with van der Waals surface area (Å²) in [6.45, 7) is 0. The van der Waals surface area contributed by atoms with E-state index in [0.29, 0.717) is 46.6 Å². The molecule has 3 aliphatic rings. The van der Waals surface area contributed by atoms with Crippen LogP contribution in [0.1, 0.15) is 23.5 Å². The molecule has 1 amide bonds. The number of anilines is 2. The van der Waals surface area contributed by atoms with E-state index in [1.807, 2.05) is 18.2 Å². The number of carbonyl (C=O) groups excluding carboxylic acids is 1. The number of ether oxygens (including phenoxy) is 3. The van der Waals surface area contributed by atoms with Crippen LogP contribution in [0.5, 0.6) is 23.0 Å². The summed E-state index contributed by atoms with van der Waals surface area (Å²) in [7, 11) is 1.57. The van der Waals surface area contributed by atoms with Gasteiger partial charge < -0.3 is 30.0 Å². The Balaban J connectivity index is 1.13. The first kappa shape index (κ1) is 22.0. The maximum atomic E-state index is 11.7. The number of rotatable bonds is 7. The Hall–Kier alpha value is -3.53. The van der Waals surface area contributed by atoms with Crippen molar-refractivity contribution in [3.63, 3.8) is 0 Å². The molecule has 1 aromatic heterocycles. The highest BCUT2D eigenvalue weighted by Gasteiger charge is 2.59. The monoisotopic (exact) mass is 494 g/mol. The Bertz CT molecular complexity index is 1320. The summed E-state index contributed by atoms with van der Waals surface area (Å²) < 4.78 is 17.4. The maximum absolute atomic E-state index is 11.7. The Kier molecular flexibility index (Phi) is 5.40. The number of aromatic nitrogens is 1. The highest BCUT2D eigenvalue weighted by molar-refractivity contribution is 6.33. The van der Waals surface area contributed by atoms with Gasteiger partial charge >= 0.3 is 0 Å². The molecular formula is C25H23ClN4O5. The molecule has 9 nitrogen and oxygen atoms in total. The molecule has 35 heavy (non-hydrogen) atoms. The Morgan fingerprint density at radius 1 is 1.20 bits per heavy atom. The smallest absolute Gasteiger partial charge is 0.225 e. The third-order valence-electron chi connectivity index (χ3n) is 6.48. The number of nitrogens with zero attached hydrogens (tertiary/aromatic N) is 1. The number of aliphatic hydroxyl groups is 1. The molecule has 2 aliphatic heterocycles. The molecule has 180 valence electrons. The first-order valence-electron chi connectivity index (χ1n) is 11.3. The number of halogens is 1. The van der Waals surface area contributed by atoms with E-state index in [0.717, 1.165) is 16.9 Å². The van der Waals surface area contributed by atoms with Crippen LogP contribution in [0.2, 0.25) is 5.02 Å². The minimum atomic E-state index is -1.01. The standard InChI is InChI=1S/C25H23ClN4O5/c1-33-12-2-5-17(16(26)11-12)28-25(32)30-22-21-15-10-13(3-6-18(15)35-23(21)22)34-19-8-9-27-24-14(19)4-7-20(31)29-24/h2-3,5-6,8-11,21-23,25,28,30,32H,4,7H2,1H3,(H,27,29,31)/t21-,22-,23-,25+/m0/s1. The van der Waals surface area contributed by atoms with E-state index in [1.54, 1.807) is 37.6 Å². The van der Waals surface area contributed by atoms with E-state index < -0.39 is 6.35 Å². The number of benzene rings is 2. The zero-order chi connectivity index (χ0) is 24.1. The van der Waals surface area contributed by atoms with Crippen molar-refractivity contribution in [1.29, 1.82) is 0 Å². The molecule has 3 aromatic rings. The van der Waals surface area contributed by atoms with Gasteiger partial charge in [0.05, 0.1) is 23.9 Å². The number of carbonyl (C=O) groups is 1. The minimum absolute atomic E-state index is 0.0407. The van der Waals surface area contributed by atoms with Crippen molar-refractivity contribution in [2.24, 2.45) is 0 Å². The zero-order valence-corrected chi connectivity index (χ0v) is 19.5. The molecule has 0 unspecified atom stereocenters. The second kappa shape index (κ2) is 8.60. The third-order valence-corrected chi connectivity index (χ3v) is 6.79. The number of hydrogen-bond donors (Lipinski definition) is 4. The summed E-state index contributed by atoms with van der Waals surface area (Å²) in [6, 6.07) is 12.7. The fraction of sp³-hybridized carbons (Fsp3) is 0.280. The van der Waals surface area contributed by atoms with E-state index in [1.165, 1.54) is 0 Å². The van der Waals surface area contributed by atoms with Gasteiger partial charge in [-0.3, -0.25) is 10.1 Å². The second-order valence-electron chi connectivity index (χ2n) is 8.68. The number of hydrogen-bond acceptors (Lipinski definition) is 8. The van der Waals surface area contributed by atoms with Crippen molar-refractivity contribution in [2.45, 2.75) is 37.3 Å². The van der Waals surface area contributed by atoms with Gasteiger partial charge in [-0.05, 0) is 42.8 Å². The van der Waals surface area contributed by atoms with Crippen LogP contribution in [0.15, 0.2) is 48.7 Å². The maximum Gasteiger partial charge on any atom is 0.225 e. The molecule has 6 rings (SSSR count). The summed E-state index contributed by atoms with van der Waals surface area (Å²) in [4.78, 5) is 15.9. The molecule has 2 aromatic carbocycles. The summed E-state index contributed by atoms with van der Waals surface area (Å²) in [5, 5.41) is 19.9. The topological polar surface area (TPSA) is 114 Å². The fourth-order valence-corrected chi connectivity index (χ4v) is 4.92. The zero-order valence-electron chi connectivity index (χ0n) is 18.7. The van der Waals surface area contributed by atoms with Gasteiger partial charge in [-0.1, -0.05) is 11.6 Å². The van der Waals surface area contributed by atoms with Crippen molar-refractivity contribution >= 4 is 29.0 Å². The molecule has 0 bridgehead atoms. The second-order valence-corrected chi connectivity index (χ2v) is 9.09.